The third kappa shape index (κ3) is 3.68. The number of para-hydroxylation sites is 3. The number of benzene rings is 3. The van der Waals surface area contributed by atoms with Crippen LogP contribution in [0.1, 0.15) is 34.1 Å². The Morgan fingerprint density at radius 2 is 1.62 bits per heavy atom. The summed E-state index contributed by atoms with van der Waals surface area (Å²) in [7, 11) is 0. The van der Waals surface area contributed by atoms with Gasteiger partial charge in [-0.3, -0.25) is 0 Å². The van der Waals surface area contributed by atoms with E-state index in [1.54, 1.807) is 10.8 Å². The first-order chi connectivity index (χ1) is 19.7. The number of thioether (sulfide) groups is 1. The van der Waals surface area contributed by atoms with Crippen LogP contribution in [0.2, 0.25) is 0 Å². The van der Waals surface area contributed by atoms with Gasteiger partial charge >= 0.3 is 0 Å². The minimum absolute atomic E-state index is 0.185. The summed E-state index contributed by atoms with van der Waals surface area (Å²) >= 11 is 1.46. The van der Waals surface area contributed by atoms with E-state index in [4.69, 9.17) is 24.3 Å². The van der Waals surface area contributed by atoms with Crippen molar-refractivity contribution >= 4 is 28.5 Å². The summed E-state index contributed by atoms with van der Waals surface area (Å²) in [6.07, 6.45) is 1.65. The predicted molar refractivity (Wildman–Crippen MR) is 150 cm³/mol. The molecule has 0 N–H and O–H groups in total. The summed E-state index contributed by atoms with van der Waals surface area (Å²) in [6.45, 7) is 2.02. The Bertz CT molecular complexity index is 1980. The lowest BCUT2D eigenvalue weighted by molar-refractivity contribution is 0.402. The quantitative estimate of drug-likeness (QED) is 0.232. The molecule has 3 aromatic carbocycles. The molecule has 0 radical (unpaired) electrons. The van der Waals surface area contributed by atoms with E-state index in [-0.39, 0.29) is 5.92 Å². The van der Waals surface area contributed by atoms with Gasteiger partial charge in [-0.05, 0) is 36.8 Å². The van der Waals surface area contributed by atoms with Gasteiger partial charge in [0.15, 0.2) is 17.1 Å². The molecular weight excluding hydrogens is 522 g/mol. The Morgan fingerprint density at radius 3 is 2.45 bits per heavy atom. The summed E-state index contributed by atoms with van der Waals surface area (Å²) in [4.78, 5) is 14.2. The van der Waals surface area contributed by atoms with Gasteiger partial charge in [-0.15, -0.1) is 5.10 Å². The maximum absolute atomic E-state index is 6.49. The van der Waals surface area contributed by atoms with Crippen molar-refractivity contribution in [2.45, 2.75) is 23.8 Å². The van der Waals surface area contributed by atoms with Gasteiger partial charge in [-0.1, -0.05) is 72.4 Å². The Hall–Kier alpha value is -4.96. The molecule has 4 aromatic heterocycles. The molecule has 8 rings (SSSR count). The average molecular weight is 544 g/mol. The van der Waals surface area contributed by atoms with E-state index < -0.39 is 0 Å². The number of fused-ring (bicyclic) bond motifs is 5. The molecule has 0 spiro atoms. The standard InChI is InChI=1S/C30H21N7O2S/c1-18-24-25(19-10-4-2-5-11-19)26-27-33-23(16-40-30-32-21-14-8-9-15-22(21)38-30)35-36(27)17-31-28(26)39-29(24)37(34-18)20-12-6-3-7-13-20/h2-15,17,25H,16H2,1H3/t25-/m1/s1. The fourth-order valence-electron chi connectivity index (χ4n) is 5.25. The van der Waals surface area contributed by atoms with E-state index in [9.17, 15) is 0 Å². The number of aryl methyl sites for hydroxylation is 1. The van der Waals surface area contributed by atoms with Crippen molar-refractivity contribution in [2.75, 3.05) is 0 Å². The SMILES string of the molecule is Cc1nn(-c2ccccc2)c2c1[C@@H](c1ccccc1)c1c(ncn3nc(CSc4nc5ccccc5o4)nc13)O2. The van der Waals surface area contributed by atoms with E-state index in [1.165, 1.54) is 11.8 Å². The van der Waals surface area contributed by atoms with Crippen molar-refractivity contribution in [3.05, 3.63) is 119 Å². The molecule has 0 unspecified atom stereocenters. The van der Waals surface area contributed by atoms with E-state index in [0.29, 0.717) is 34.2 Å². The first-order valence-corrected chi connectivity index (χ1v) is 13.8. The van der Waals surface area contributed by atoms with Crippen LogP contribution in [0.25, 0.3) is 22.4 Å². The molecule has 40 heavy (non-hydrogen) atoms. The maximum Gasteiger partial charge on any atom is 0.257 e. The van der Waals surface area contributed by atoms with E-state index >= 15 is 0 Å². The van der Waals surface area contributed by atoms with Crippen molar-refractivity contribution < 1.29 is 9.15 Å². The Labute approximate surface area is 232 Å². The molecule has 5 heterocycles. The average Bonchev–Trinajstić information content (AvgIpc) is 3.70. The van der Waals surface area contributed by atoms with Crippen LogP contribution in [0.15, 0.2) is 101 Å². The zero-order valence-electron chi connectivity index (χ0n) is 21.3. The first kappa shape index (κ1) is 23.0. The molecule has 0 saturated carbocycles. The van der Waals surface area contributed by atoms with E-state index in [0.717, 1.165) is 39.2 Å². The number of oxazole rings is 1. The lowest BCUT2D eigenvalue weighted by Gasteiger charge is -2.26. The largest absolute Gasteiger partial charge is 0.431 e. The number of hydrogen-bond acceptors (Lipinski definition) is 8. The minimum Gasteiger partial charge on any atom is -0.431 e. The second-order valence-electron chi connectivity index (χ2n) is 9.49. The summed E-state index contributed by atoms with van der Waals surface area (Å²) in [5.74, 6) is 2.12. The number of nitrogens with zero attached hydrogens (tertiary/aromatic N) is 7. The second kappa shape index (κ2) is 9.06. The van der Waals surface area contributed by atoms with Crippen molar-refractivity contribution in [2.24, 2.45) is 0 Å². The van der Waals surface area contributed by atoms with Crippen LogP contribution in [0.4, 0.5) is 0 Å². The Kier molecular flexibility index (Phi) is 5.20. The zero-order chi connectivity index (χ0) is 26.6. The first-order valence-electron chi connectivity index (χ1n) is 12.8. The van der Waals surface area contributed by atoms with Crippen molar-refractivity contribution in [1.29, 1.82) is 0 Å². The highest BCUT2D eigenvalue weighted by molar-refractivity contribution is 7.98. The summed E-state index contributed by atoms with van der Waals surface area (Å²) in [5.41, 5.74) is 7.04. The molecular formula is C30H21N7O2S. The van der Waals surface area contributed by atoms with Crippen LogP contribution in [0.3, 0.4) is 0 Å². The third-order valence-corrected chi connectivity index (χ3v) is 7.82. The molecule has 0 amide bonds. The zero-order valence-corrected chi connectivity index (χ0v) is 22.1. The Balaban J connectivity index is 1.24. The van der Waals surface area contributed by atoms with Crippen LogP contribution < -0.4 is 4.74 Å². The maximum atomic E-state index is 6.49. The van der Waals surface area contributed by atoms with Gasteiger partial charge in [0.05, 0.1) is 34.2 Å². The summed E-state index contributed by atoms with van der Waals surface area (Å²) in [5, 5.41) is 10.2. The van der Waals surface area contributed by atoms with Gasteiger partial charge in [-0.2, -0.15) is 5.10 Å². The van der Waals surface area contributed by atoms with Gasteiger partial charge < -0.3 is 9.15 Å². The lowest BCUT2D eigenvalue weighted by atomic mass is 9.84. The van der Waals surface area contributed by atoms with Gasteiger partial charge in [0.2, 0.25) is 11.8 Å². The molecule has 1 atom stereocenters. The molecule has 1 aliphatic rings. The number of rotatable bonds is 5. The van der Waals surface area contributed by atoms with Crippen LogP contribution in [0.5, 0.6) is 11.8 Å². The highest BCUT2D eigenvalue weighted by Crippen LogP contribution is 2.49. The van der Waals surface area contributed by atoms with Crippen LogP contribution in [-0.2, 0) is 5.75 Å². The molecule has 0 bridgehead atoms. The Morgan fingerprint density at radius 1 is 0.850 bits per heavy atom. The molecule has 10 heteroatoms. The van der Waals surface area contributed by atoms with Crippen LogP contribution in [-0.4, -0.2) is 34.3 Å². The van der Waals surface area contributed by atoms with Gasteiger partial charge in [0, 0.05) is 0 Å². The highest BCUT2D eigenvalue weighted by Gasteiger charge is 2.38. The van der Waals surface area contributed by atoms with E-state index in [2.05, 4.69) is 22.1 Å². The molecule has 7 aromatic rings. The van der Waals surface area contributed by atoms with Crippen molar-refractivity contribution in [1.82, 2.24) is 34.3 Å². The fourth-order valence-corrected chi connectivity index (χ4v) is 5.93. The number of hydrogen-bond donors (Lipinski definition) is 0. The molecule has 0 saturated heterocycles. The monoisotopic (exact) mass is 543 g/mol. The predicted octanol–water partition coefficient (Wildman–Crippen LogP) is 6.34. The van der Waals surface area contributed by atoms with Crippen molar-refractivity contribution in [3.63, 3.8) is 0 Å². The van der Waals surface area contributed by atoms with Crippen LogP contribution in [0, 0.1) is 6.92 Å². The molecule has 194 valence electrons. The van der Waals surface area contributed by atoms with Crippen molar-refractivity contribution in [3.8, 4) is 17.4 Å². The minimum atomic E-state index is -0.185. The van der Waals surface area contributed by atoms with Gasteiger partial charge in [0.1, 0.15) is 11.8 Å². The fraction of sp³-hybridized carbons (Fsp3) is 0.100. The van der Waals surface area contributed by atoms with Crippen LogP contribution >= 0.6 is 11.8 Å². The third-order valence-electron chi connectivity index (χ3n) is 7.00. The highest BCUT2D eigenvalue weighted by atomic mass is 32.2. The molecule has 0 fully saturated rings. The molecule has 1 aliphatic heterocycles. The number of ether oxygens (including phenoxy) is 1. The van der Waals surface area contributed by atoms with E-state index in [1.807, 2.05) is 84.4 Å². The summed E-state index contributed by atoms with van der Waals surface area (Å²) in [6, 6.07) is 28.0. The lowest BCUT2D eigenvalue weighted by Crippen LogP contribution is -2.16. The summed E-state index contributed by atoms with van der Waals surface area (Å²) < 4.78 is 15.9. The molecule has 9 nitrogen and oxygen atoms in total. The second-order valence-corrected chi connectivity index (χ2v) is 10.4. The topological polar surface area (TPSA) is 96.2 Å². The normalized spacial score (nSPS) is 14.3. The molecule has 0 aliphatic carbocycles. The van der Waals surface area contributed by atoms with Gasteiger partial charge in [-0.25, -0.2) is 24.1 Å². The van der Waals surface area contributed by atoms with Gasteiger partial charge in [0.25, 0.3) is 5.22 Å². The number of aromatic nitrogens is 7. The smallest absolute Gasteiger partial charge is 0.257 e.